The predicted molar refractivity (Wildman–Crippen MR) is 73.1 cm³/mol. The molecule has 1 aliphatic heterocycles. The third kappa shape index (κ3) is 3.05. The van der Waals surface area contributed by atoms with Gasteiger partial charge in [0.1, 0.15) is 5.25 Å². The third-order valence-corrected chi connectivity index (χ3v) is 4.10. The Bertz CT molecular complexity index is 594. The molecule has 0 fully saturated rings. The first-order valence-electron chi connectivity index (χ1n) is 5.93. The zero-order chi connectivity index (χ0) is 15.6. The van der Waals surface area contributed by atoms with Gasteiger partial charge in [-0.15, -0.1) is 11.8 Å². The second-order valence-electron chi connectivity index (χ2n) is 4.30. The minimum atomic E-state index is -1.29. The van der Waals surface area contributed by atoms with Crippen molar-refractivity contribution < 1.29 is 29.4 Å². The fourth-order valence-electron chi connectivity index (χ4n) is 1.90. The molecule has 2 rings (SSSR count). The van der Waals surface area contributed by atoms with Crippen molar-refractivity contribution in [3.63, 3.8) is 0 Å². The van der Waals surface area contributed by atoms with Crippen LogP contribution in [0.15, 0.2) is 24.3 Å². The van der Waals surface area contributed by atoms with Gasteiger partial charge in [-0.25, -0.2) is 0 Å². The second-order valence-corrected chi connectivity index (χ2v) is 5.46. The molecule has 2 N–H and O–H groups in total. The summed E-state index contributed by atoms with van der Waals surface area (Å²) in [5.74, 6) is -3.74. The van der Waals surface area contributed by atoms with Gasteiger partial charge in [-0.1, -0.05) is 12.1 Å². The van der Waals surface area contributed by atoms with E-state index in [9.17, 15) is 19.2 Å². The summed E-state index contributed by atoms with van der Waals surface area (Å²) in [5.41, 5.74) is 0.543. The molecule has 0 saturated heterocycles. The third-order valence-electron chi connectivity index (χ3n) is 2.92. The summed E-state index contributed by atoms with van der Waals surface area (Å²) < 4.78 is 0. The number of carboxylic acids is 2. The van der Waals surface area contributed by atoms with Gasteiger partial charge < -0.3 is 10.2 Å². The van der Waals surface area contributed by atoms with E-state index >= 15 is 0 Å². The molecule has 2 amide bonds. The van der Waals surface area contributed by atoms with E-state index in [1.54, 1.807) is 12.1 Å². The van der Waals surface area contributed by atoms with Crippen LogP contribution in [0.1, 0.15) is 27.1 Å². The number of rotatable bonds is 6. The zero-order valence-electron chi connectivity index (χ0n) is 10.7. The van der Waals surface area contributed by atoms with E-state index in [0.717, 1.165) is 16.7 Å². The highest BCUT2D eigenvalue weighted by molar-refractivity contribution is 8.00. The zero-order valence-corrected chi connectivity index (χ0v) is 11.5. The average Bonchev–Trinajstić information content (AvgIpc) is 2.67. The molecule has 0 bridgehead atoms. The molecule has 1 aromatic carbocycles. The van der Waals surface area contributed by atoms with Gasteiger partial charge in [0, 0.05) is 0 Å². The first-order valence-corrected chi connectivity index (χ1v) is 6.98. The minimum absolute atomic E-state index is 0.198. The number of hydrogen-bond acceptors (Lipinski definition) is 5. The Labute approximate surface area is 123 Å². The number of amides is 2. The average molecular weight is 309 g/mol. The highest BCUT2D eigenvalue weighted by Gasteiger charge is 2.36. The molecule has 1 aliphatic rings. The first-order chi connectivity index (χ1) is 9.91. The van der Waals surface area contributed by atoms with Crippen molar-refractivity contribution in [2.24, 2.45) is 0 Å². The van der Waals surface area contributed by atoms with Crippen LogP contribution >= 0.6 is 11.8 Å². The van der Waals surface area contributed by atoms with Crippen LogP contribution in [-0.2, 0) is 9.59 Å². The van der Waals surface area contributed by atoms with Crippen molar-refractivity contribution in [2.45, 2.75) is 11.7 Å². The van der Waals surface area contributed by atoms with Gasteiger partial charge in [0.15, 0.2) is 0 Å². The Morgan fingerprint density at radius 2 is 1.62 bits per heavy atom. The summed E-state index contributed by atoms with van der Waals surface area (Å²) in [5, 5.41) is 16.4. The van der Waals surface area contributed by atoms with E-state index < -0.39 is 35.4 Å². The van der Waals surface area contributed by atoms with Crippen molar-refractivity contribution >= 4 is 35.5 Å². The number of aliphatic carboxylic acids is 2. The topological polar surface area (TPSA) is 112 Å². The van der Waals surface area contributed by atoms with Gasteiger partial charge in [-0.3, -0.25) is 24.1 Å². The number of carbonyl (C=O) groups excluding carboxylic acids is 2. The Balaban J connectivity index is 2.08. The van der Waals surface area contributed by atoms with E-state index in [0.29, 0.717) is 0 Å². The van der Waals surface area contributed by atoms with Crippen LogP contribution in [0.2, 0.25) is 0 Å². The molecule has 1 unspecified atom stereocenters. The maximum absolute atomic E-state index is 12.0. The molecular formula is C13H11NO6S. The molecule has 7 nitrogen and oxygen atoms in total. The number of fused-ring (bicyclic) bond motifs is 1. The lowest BCUT2D eigenvalue weighted by Gasteiger charge is -2.16. The minimum Gasteiger partial charge on any atom is -0.481 e. The molecule has 0 radical (unpaired) electrons. The molecule has 8 heteroatoms. The highest BCUT2D eigenvalue weighted by Crippen LogP contribution is 2.26. The predicted octanol–water partition coefficient (Wildman–Crippen LogP) is 0.901. The van der Waals surface area contributed by atoms with E-state index in [1.807, 2.05) is 0 Å². The number of carbonyl (C=O) groups is 4. The number of hydrogen-bond donors (Lipinski definition) is 2. The van der Waals surface area contributed by atoms with Crippen molar-refractivity contribution in [3.8, 4) is 0 Å². The van der Waals surface area contributed by atoms with Gasteiger partial charge >= 0.3 is 11.9 Å². The SMILES string of the molecule is O=C(O)CC(SCN1C(=O)c2ccccc2C1=O)C(=O)O. The Kier molecular flexibility index (Phi) is 4.27. The number of thioether (sulfide) groups is 1. The molecule has 1 aromatic rings. The Morgan fingerprint density at radius 3 is 2.05 bits per heavy atom. The quantitative estimate of drug-likeness (QED) is 0.751. The fourth-order valence-corrected chi connectivity index (χ4v) is 2.86. The van der Waals surface area contributed by atoms with Crippen LogP contribution < -0.4 is 0 Å². The fraction of sp³-hybridized carbons (Fsp3) is 0.231. The smallest absolute Gasteiger partial charge is 0.317 e. The molecule has 0 spiro atoms. The van der Waals surface area contributed by atoms with Gasteiger partial charge in [0.2, 0.25) is 0 Å². The molecular weight excluding hydrogens is 298 g/mol. The number of benzene rings is 1. The number of imide groups is 1. The standard InChI is InChI=1S/C13H11NO6S/c15-10(16)5-9(13(19)20)21-6-14-11(17)7-3-1-2-4-8(7)12(14)18/h1-4,9H,5-6H2,(H,15,16)(H,19,20). The van der Waals surface area contributed by atoms with Crippen molar-refractivity contribution in [1.29, 1.82) is 0 Å². The second kappa shape index (κ2) is 5.96. The van der Waals surface area contributed by atoms with Crippen LogP contribution in [0.4, 0.5) is 0 Å². The molecule has 21 heavy (non-hydrogen) atoms. The molecule has 0 aromatic heterocycles. The molecule has 1 heterocycles. The summed E-state index contributed by atoms with van der Waals surface area (Å²) in [4.78, 5) is 46.5. The summed E-state index contributed by atoms with van der Waals surface area (Å²) in [6.45, 7) is 0. The number of nitrogens with zero attached hydrogens (tertiary/aromatic N) is 1. The van der Waals surface area contributed by atoms with E-state index in [2.05, 4.69) is 0 Å². The van der Waals surface area contributed by atoms with Crippen molar-refractivity contribution in [3.05, 3.63) is 35.4 Å². The van der Waals surface area contributed by atoms with Gasteiger partial charge in [-0.05, 0) is 12.1 Å². The van der Waals surface area contributed by atoms with Gasteiger partial charge in [-0.2, -0.15) is 0 Å². The van der Waals surface area contributed by atoms with Crippen LogP contribution in [0, 0.1) is 0 Å². The van der Waals surface area contributed by atoms with E-state index in [1.165, 1.54) is 12.1 Å². The summed E-state index contributed by atoms with van der Waals surface area (Å²) >= 11 is 0.737. The van der Waals surface area contributed by atoms with Crippen LogP contribution in [-0.4, -0.2) is 50.0 Å². The maximum atomic E-state index is 12.0. The normalized spacial score (nSPS) is 15.0. The van der Waals surface area contributed by atoms with E-state index in [-0.39, 0.29) is 17.0 Å². The molecule has 110 valence electrons. The lowest BCUT2D eigenvalue weighted by atomic mass is 10.1. The maximum Gasteiger partial charge on any atom is 0.317 e. The van der Waals surface area contributed by atoms with E-state index in [4.69, 9.17) is 10.2 Å². The first kappa shape index (κ1) is 15.0. The van der Waals surface area contributed by atoms with Crippen LogP contribution in [0.5, 0.6) is 0 Å². The molecule has 0 saturated carbocycles. The van der Waals surface area contributed by atoms with Crippen molar-refractivity contribution in [2.75, 3.05) is 5.88 Å². The summed E-state index contributed by atoms with van der Waals surface area (Å²) in [6.07, 6.45) is -0.580. The van der Waals surface area contributed by atoms with Crippen molar-refractivity contribution in [1.82, 2.24) is 4.90 Å². The molecule has 1 atom stereocenters. The Morgan fingerprint density at radius 1 is 1.10 bits per heavy atom. The molecule has 0 aliphatic carbocycles. The number of carboxylic acid groups (broad SMARTS) is 2. The summed E-state index contributed by atoms with van der Waals surface area (Å²) in [7, 11) is 0. The lowest BCUT2D eigenvalue weighted by Crippen LogP contribution is -2.32. The Hall–Kier alpha value is -2.35. The monoisotopic (exact) mass is 309 g/mol. The lowest BCUT2D eigenvalue weighted by molar-refractivity contribution is -0.142. The highest BCUT2D eigenvalue weighted by atomic mass is 32.2. The largest absolute Gasteiger partial charge is 0.481 e. The van der Waals surface area contributed by atoms with Gasteiger partial charge in [0.25, 0.3) is 11.8 Å². The van der Waals surface area contributed by atoms with Crippen LogP contribution in [0.3, 0.4) is 0 Å². The van der Waals surface area contributed by atoms with Crippen LogP contribution in [0.25, 0.3) is 0 Å². The van der Waals surface area contributed by atoms with Gasteiger partial charge in [0.05, 0.1) is 23.4 Å². The summed E-state index contributed by atoms with van der Waals surface area (Å²) in [6, 6.07) is 6.30.